The zero-order valence-corrected chi connectivity index (χ0v) is 19.3. The summed E-state index contributed by atoms with van der Waals surface area (Å²) in [5, 5.41) is 2.92. The molecule has 1 aliphatic heterocycles. The van der Waals surface area contributed by atoms with E-state index in [-0.39, 0.29) is 30.9 Å². The van der Waals surface area contributed by atoms with Crippen LogP contribution in [0.1, 0.15) is 42.4 Å². The molecule has 4 rings (SSSR count). The molecule has 0 radical (unpaired) electrons. The van der Waals surface area contributed by atoms with E-state index in [0.717, 1.165) is 36.8 Å². The maximum atomic E-state index is 13.1. The summed E-state index contributed by atoms with van der Waals surface area (Å²) in [6.45, 7) is 3.29. The van der Waals surface area contributed by atoms with Gasteiger partial charge in [0.2, 0.25) is 5.91 Å². The Morgan fingerprint density at radius 3 is 2.64 bits per heavy atom. The predicted molar refractivity (Wildman–Crippen MR) is 125 cm³/mol. The Hall–Kier alpha value is -3.55. The molecule has 174 valence electrons. The molecule has 0 saturated carbocycles. The Morgan fingerprint density at radius 1 is 1.09 bits per heavy atom. The number of likely N-dealkylation sites (tertiary alicyclic amines) is 1. The van der Waals surface area contributed by atoms with Gasteiger partial charge in [-0.1, -0.05) is 12.1 Å². The molecule has 1 unspecified atom stereocenters. The average Bonchev–Trinajstić information content (AvgIpc) is 3.19. The number of nitrogens with one attached hydrogen (secondary N) is 1. The van der Waals surface area contributed by atoms with Gasteiger partial charge in [-0.05, 0) is 56.5 Å². The first-order valence-corrected chi connectivity index (χ1v) is 11.3. The number of benzene rings is 2. The summed E-state index contributed by atoms with van der Waals surface area (Å²) < 4.78 is 12.4. The molecule has 33 heavy (non-hydrogen) atoms. The molecule has 2 heterocycles. The van der Waals surface area contributed by atoms with Crippen LogP contribution >= 0.6 is 0 Å². The molecule has 1 saturated heterocycles. The number of ether oxygens (including phenoxy) is 2. The van der Waals surface area contributed by atoms with Crippen LogP contribution in [0.15, 0.2) is 42.5 Å². The van der Waals surface area contributed by atoms with Crippen LogP contribution in [0.5, 0.6) is 11.5 Å². The summed E-state index contributed by atoms with van der Waals surface area (Å²) >= 11 is 0. The van der Waals surface area contributed by atoms with E-state index in [1.165, 1.54) is 7.11 Å². The van der Waals surface area contributed by atoms with Gasteiger partial charge in [0.1, 0.15) is 12.4 Å². The third kappa shape index (κ3) is 4.79. The van der Waals surface area contributed by atoms with Gasteiger partial charge in [0, 0.05) is 18.2 Å². The molecular weight excluding hydrogens is 420 g/mol. The Morgan fingerprint density at radius 2 is 1.88 bits per heavy atom. The van der Waals surface area contributed by atoms with Gasteiger partial charge in [0.25, 0.3) is 5.91 Å². The van der Waals surface area contributed by atoms with Crippen molar-refractivity contribution in [3.05, 3.63) is 53.9 Å². The summed E-state index contributed by atoms with van der Waals surface area (Å²) in [6, 6.07) is 13.0. The molecule has 1 atom stereocenters. The van der Waals surface area contributed by atoms with Crippen LogP contribution in [0.2, 0.25) is 0 Å². The number of carbonyl (C=O) groups is 2. The Bertz CT molecular complexity index is 1160. The van der Waals surface area contributed by atoms with E-state index >= 15 is 0 Å². The Balaban J connectivity index is 1.54. The molecule has 0 spiro atoms. The van der Waals surface area contributed by atoms with Crippen molar-refractivity contribution in [1.29, 1.82) is 0 Å². The largest absolute Gasteiger partial charge is 0.493 e. The number of hydrogen-bond donors (Lipinski definition) is 1. The number of imidazole rings is 1. The van der Waals surface area contributed by atoms with E-state index in [9.17, 15) is 9.59 Å². The van der Waals surface area contributed by atoms with Crippen molar-refractivity contribution in [2.75, 3.05) is 20.8 Å². The van der Waals surface area contributed by atoms with Crippen LogP contribution in [-0.4, -0.2) is 53.1 Å². The number of methoxy groups -OCH3 is 2. The van der Waals surface area contributed by atoms with Crippen molar-refractivity contribution in [2.45, 2.75) is 45.3 Å². The fourth-order valence-corrected chi connectivity index (χ4v) is 4.37. The number of para-hydroxylation sites is 2. The molecule has 8 heteroatoms. The zero-order valence-electron chi connectivity index (χ0n) is 19.3. The van der Waals surface area contributed by atoms with Crippen LogP contribution in [0, 0.1) is 0 Å². The lowest BCUT2D eigenvalue weighted by Crippen LogP contribution is -2.43. The first-order chi connectivity index (χ1) is 16.0. The number of fused-ring (bicyclic) bond motifs is 1. The topological polar surface area (TPSA) is 85.7 Å². The summed E-state index contributed by atoms with van der Waals surface area (Å²) in [7, 11) is 3.08. The second kappa shape index (κ2) is 9.94. The minimum absolute atomic E-state index is 0.0813. The molecule has 1 N–H and O–H groups in total. The summed E-state index contributed by atoms with van der Waals surface area (Å²) in [4.78, 5) is 32.6. The van der Waals surface area contributed by atoms with Crippen LogP contribution in [0.25, 0.3) is 11.0 Å². The van der Waals surface area contributed by atoms with E-state index in [0.29, 0.717) is 22.9 Å². The fraction of sp³-hybridized carbons (Fsp3) is 0.400. The number of aromatic nitrogens is 2. The third-order valence-electron chi connectivity index (χ3n) is 6.20. The van der Waals surface area contributed by atoms with Gasteiger partial charge in [-0.2, -0.15) is 0 Å². The molecule has 0 bridgehead atoms. The normalized spacial score (nSPS) is 16.0. The molecule has 2 amide bonds. The van der Waals surface area contributed by atoms with Crippen molar-refractivity contribution >= 4 is 22.8 Å². The van der Waals surface area contributed by atoms with E-state index in [1.807, 2.05) is 33.7 Å². The van der Waals surface area contributed by atoms with Crippen LogP contribution in [-0.2, 0) is 17.9 Å². The minimum Gasteiger partial charge on any atom is -0.493 e. The zero-order chi connectivity index (χ0) is 23.4. The maximum Gasteiger partial charge on any atom is 0.251 e. The highest BCUT2D eigenvalue weighted by molar-refractivity contribution is 5.95. The molecule has 1 fully saturated rings. The highest BCUT2D eigenvalue weighted by Crippen LogP contribution is 2.27. The lowest BCUT2D eigenvalue weighted by Gasteiger charge is -2.33. The average molecular weight is 451 g/mol. The molecular formula is C25H30N4O4. The van der Waals surface area contributed by atoms with Crippen molar-refractivity contribution in [2.24, 2.45) is 0 Å². The number of carbonyl (C=O) groups excluding carboxylic acids is 2. The van der Waals surface area contributed by atoms with Crippen molar-refractivity contribution in [1.82, 2.24) is 19.8 Å². The third-order valence-corrected chi connectivity index (χ3v) is 6.20. The van der Waals surface area contributed by atoms with Gasteiger partial charge in [-0.25, -0.2) is 4.98 Å². The van der Waals surface area contributed by atoms with Crippen molar-refractivity contribution in [3.8, 4) is 11.5 Å². The van der Waals surface area contributed by atoms with Crippen molar-refractivity contribution < 1.29 is 19.1 Å². The SMILES string of the molecule is COc1ccc(C(=O)NCc2nc3ccccc3n2CC(=O)N2CCCCC2C)cc1OC. The van der Waals surface area contributed by atoms with Crippen LogP contribution in [0.3, 0.4) is 0 Å². The van der Waals surface area contributed by atoms with E-state index in [1.54, 1.807) is 25.3 Å². The second-order valence-electron chi connectivity index (χ2n) is 8.29. The van der Waals surface area contributed by atoms with Gasteiger partial charge in [-0.3, -0.25) is 9.59 Å². The van der Waals surface area contributed by atoms with Crippen molar-refractivity contribution in [3.63, 3.8) is 0 Å². The van der Waals surface area contributed by atoms with E-state index < -0.39 is 0 Å². The van der Waals surface area contributed by atoms with Gasteiger partial charge >= 0.3 is 0 Å². The molecule has 3 aromatic rings. The summed E-state index contributed by atoms with van der Waals surface area (Å²) in [6.07, 6.45) is 3.23. The molecule has 8 nitrogen and oxygen atoms in total. The minimum atomic E-state index is -0.259. The summed E-state index contributed by atoms with van der Waals surface area (Å²) in [5.41, 5.74) is 2.13. The van der Waals surface area contributed by atoms with Gasteiger partial charge in [0.05, 0.1) is 31.8 Å². The number of piperidine rings is 1. The number of hydrogen-bond acceptors (Lipinski definition) is 5. The first kappa shape index (κ1) is 22.6. The Kier molecular flexibility index (Phi) is 6.82. The maximum absolute atomic E-state index is 13.1. The number of nitrogens with zero attached hydrogens (tertiary/aromatic N) is 3. The van der Waals surface area contributed by atoms with E-state index in [4.69, 9.17) is 9.47 Å². The fourth-order valence-electron chi connectivity index (χ4n) is 4.37. The standard InChI is InChI=1S/C25H30N4O4/c1-17-8-6-7-13-28(17)24(30)16-29-20-10-5-4-9-19(20)27-23(29)15-26-25(31)18-11-12-21(32-2)22(14-18)33-3/h4-5,9-12,14,17H,6-8,13,15-16H2,1-3H3,(H,26,31). The second-order valence-corrected chi connectivity index (χ2v) is 8.29. The first-order valence-electron chi connectivity index (χ1n) is 11.3. The van der Waals surface area contributed by atoms with Gasteiger partial charge in [0.15, 0.2) is 11.5 Å². The Labute approximate surface area is 193 Å². The van der Waals surface area contributed by atoms with E-state index in [2.05, 4.69) is 17.2 Å². The number of rotatable bonds is 7. The lowest BCUT2D eigenvalue weighted by atomic mass is 10.0. The monoisotopic (exact) mass is 450 g/mol. The van der Waals surface area contributed by atoms with Crippen LogP contribution in [0.4, 0.5) is 0 Å². The molecule has 1 aliphatic rings. The lowest BCUT2D eigenvalue weighted by molar-refractivity contribution is -0.135. The van der Waals surface area contributed by atoms with Crippen LogP contribution < -0.4 is 14.8 Å². The van der Waals surface area contributed by atoms with Gasteiger partial charge < -0.3 is 24.3 Å². The molecule has 2 aromatic carbocycles. The molecule has 0 aliphatic carbocycles. The highest BCUT2D eigenvalue weighted by Gasteiger charge is 2.25. The number of amides is 2. The van der Waals surface area contributed by atoms with Gasteiger partial charge in [-0.15, -0.1) is 0 Å². The predicted octanol–water partition coefficient (Wildman–Crippen LogP) is 3.38. The summed E-state index contributed by atoms with van der Waals surface area (Å²) in [5.74, 6) is 1.51. The smallest absolute Gasteiger partial charge is 0.251 e. The highest BCUT2D eigenvalue weighted by atomic mass is 16.5. The quantitative estimate of drug-likeness (QED) is 0.596. The molecule has 1 aromatic heterocycles.